The summed E-state index contributed by atoms with van der Waals surface area (Å²) >= 11 is 0. The fourth-order valence-electron chi connectivity index (χ4n) is 1.81. The van der Waals surface area contributed by atoms with Gasteiger partial charge in [-0.15, -0.1) is 0 Å². The first-order chi connectivity index (χ1) is 11.0. The van der Waals surface area contributed by atoms with Gasteiger partial charge in [0.1, 0.15) is 11.6 Å². The van der Waals surface area contributed by atoms with Gasteiger partial charge >= 0.3 is 15.5 Å². The van der Waals surface area contributed by atoms with Crippen LogP contribution in [0.3, 0.4) is 0 Å². The normalized spacial score (nSPS) is 12.0. The lowest BCUT2D eigenvalue weighted by atomic mass is 10.0. The molecule has 0 aliphatic heterocycles. The van der Waals surface area contributed by atoms with E-state index in [0.717, 1.165) is 12.1 Å². The van der Waals surface area contributed by atoms with Gasteiger partial charge in [-0.05, 0) is 24.3 Å². The van der Waals surface area contributed by atoms with Gasteiger partial charge in [-0.2, -0.15) is 21.6 Å². The Morgan fingerprint density at radius 1 is 0.958 bits per heavy atom. The van der Waals surface area contributed by atoms with E-state index in [9.17, 15) is 35.2 Å². The zero-order valence-corrected chi connectivity index (χ0v) is 12.4. The molecule has 0 bridgehead atoms. The SMILES string of the molecule is O=C(c1cc(F)cc(F)c1)c1ccccc1NS(=O)(=O)C(F)(F)F. The average molecular weight is 365 g/mol. The molecule has 24 heavy (non-hydrogen) atoms. The number of hydrogen-bond acceptors (Lipinski definition) is 3. The van der Waals surface area contributed by atoms with Crippen LogP contribution in [0.15, 0.2) is 42.5 Å². The lowest BCUT2D eigenvalue weighted by molar-refractivity contribution is -0.0429. The smallest absolute Gasteiger partial charge is 0.289 e. The summed E-state index contributed by atoms with van der Waals surface area (Å²) in [6.45, 7) is 0. The topological polar surface area (TPSA) is 63.2 Å². The summed E-state index contributed by atoms with van der Waals surface area (Å²) in [7, 11) is -5.76. The van der Waals surface area contributed by atoms with Crippen LogP contribution in [0.5, 0.6) is 0 Å². The first-order valence-electron chi connectivity index (χ1n) is 6.20. The Kier molecular flexibility index (Phi) is 4.61. The van der Waals surface area contributed by atoms with Crippen molar-refractivity contribution >= 4 is 21.5 Å². The van der Waals surface area contributed by atoms with Crippen LogP contribution in [0.4, 0.5) is 27.6 Å². The van der Waals surface area contributed by atoms with Crippen molar-refractivity contribution in [3.8, 4) is 0 Å². The van der Waals surface area contributed by atoms with Crippen molar-refractivity contribution in [3.63, 3.8) is 0 Å². The molecule has 2 rings (SSSR count). The third-order valence-electron chi connectivity index (χ3n) is 2.85. The Balaban J connectivity index is 2.48. The monoisotopic (exact) mass is 365 g/mol. The standard InChI is InChI=1S/C14H8F5NO3S/c15-9-5-8(6-10(16)7-9)13(21)11-3-1-2-4-12(11)20-24(22,23)14(17,18)19/h1-7,20H. The summed E-state index contributed by atoms with van der Waals surface area (Å²) in [6, 6.07) is 6.27. The van der Waals surface area contributed by atoms with Crippen molar-refractivity contribution in [3.05, 3.63) is 65.2 Å². The van der Waals surface area contributed by atoms with E-state index in [1.54, 1.807) is 0 Å². The number of ketones is 1. The molecule has 4 nitrogen and oxygen atoms in total. The molecule has 2 aromatic rings. The molecule has 0 radical (unpaired) electrons. The Morgan fingerprint density at radius 3 is 2.04 bits per heavy atom. The number of benzene rings is 2. The molecule has 0 fully saturated rings. The van der Waals surface area contributed by atoms with E-state index in [4.69, 9.17) is 0 Å². The van der Waals surface area contributed by atoms with Crippen molar-refractivity contribution in [1.82, 2.24) is 0 Å². The molecule has 1 N–H and O–H groups in total. The summed E-state index contributed by atoms with van der Waals surface area (Å²) in [5.41, 5.74) is -7.22. The van der Waals surface area contributed by atoms with Crippen molar-refractivity contribution in [1.29, 1.82) is 0 Å². The van der Waals surface area contributed by atoms with Crippen LogP contribution in [0.25, 0.3) is 0 Å². The van der Waals surface area contributed by atoms with E-state index in [1.807, 2.05) is 0 Å². The van der Waals surface area contributed by atoms with Gasteiger partial charge in [0.05, 0.1) is 5.69 Å². The van der Waals surface area contributed by atoms with Crippen molar-refractivity contribution in [2.75, 3.05) is 4.72 Å². The molecule has 0 heterocycles. The lowest BCUT2D eigenvalue weighted by Gasteiger charge is -2.13. The highest BCUT2D eigenvalue weighted by molar-refractivity contribution is 7.93. The van der Waals surface area contributed by atoms with Gasteiger partial charge in [-0.3, -0.25) is 9.52 Å². The van der Waals surface area contributed by atoms with E-state index in [0.29, 0.717) is 18.2 Å². The quantitative estimate of drug-likeness (QED) is 0.667. The molecule has 128 valence electrons. The third-order valence-corrected chi connectivity index (χ3v) is 3.94. The van der Waals surface area contributed by atoms with Crippen molar-refractivity contribution in [2.24, 2.45) is 0 Å². The summed E-state index contributed by atoms with van der Waals surface area (Å²) in [4.78, 5) is 12.3. The summed E-state index contributed by atoms with van der Waals surface area (Å²) in [6.07, 6.45) is 0. The third kappa shape index (κ3) is 3.70. The first kappa shape index (κ1) is 17.9. The van der Waals surface area contributed by atoms with Gasteiger partial charge in [0.25, 0.3) is 0 Å². The fraction of sp³-hybridized carbons (Fsp3) is 0.0714. The number of rotatable bonds is 4. The van der Waals surface area contributed by atoms with Crippen LogP contribution >= 0.6 is 0 Å². The van der Waals surface area contributed by atoms with Crippen LogP contribution in [-0.4, -0.2) is 19.7 Å². The van der Waals surface area contributed by atoms with Crippen molar-refractivity contribution < 1.29 is 35.2 Å². The zero-order valence-electron chi connectivity index (χ0n) is 11.6. The minimum atomic E-state index is -5.76. The van der Waals surface area contributed by atoms with Gasteiger partial charge in [-0.25, -0.2) is 8.78 Å². The van der Waals surface area contributed by atoms with Gasteiger partial charge in [0.15, 0.2) is 5.78 Å². The number of anilines is 1. The van der Waals surface area contributed by atoms with Gasteiger partial charge in [-0.1, -0.05) is 12.1 Å². The van der Waals surface area contributed by atoms with Crippen LogP contribution in [0.2, 0.25) is 0 Å². The highest BCUT2D eigenvalue weighted by Crippen LogP contribution is 2.28. The number of para-hydroxylation sites is 1. The van der Waals surface area contributed by atoms with E-state index < -0.39 is 49.8 Å². The molecule has 0 unspecified atom stereocenters. The molecule has 0 spiro atoms. The second kappa shape index (κ2) is 6.19. The first-order valence-corrected chi connectivity index (χ1v) is 7.68. The van der Waals surface area contributed by atoms with Crippen molar-refractivity contribution in [2.45, 2.75) is 5.51 Å². The maximum Gasteiger partial charge on any atom is 0.516 e. The molecule has 0 atom stereocenters. The van der Waals surface area contributed by atoms with Crippen LogP contribution in [0, 0.1) is 11.6 Å². The Bertz CT molecular complexity index is 873. The van der Waals surface area contributed by atoms with Crippen LogP contribution in [0.1, 0.15) is 15.9 Å². The molecule has 0 amide bonds. The van der Waals surface area contributed by atoms with E-state index in [1.165, 1.54) is 16.9 Å². The van der Waals surface area contributed by atoms with E-state index >= 15 is 0 Å². The highest BCUT2D eigenvalue weighted by atomic mass is 32.2. The Hall–Kier alpha value is -2.49. The molecule has 0 saturated heterocycles. The second-order valence-electron chi connectivity index (χ2n) is 4.58. The summed E-state index contributed by atoms with van der Waals surface area (Å²) < 4.78 is 87.3. The predicted molar refractivity (Wildman–Crippen MR) is 74.8 cm³/mol. The van der Waals surface area contributed by atoms with Crippen LogP contribution < -0.4 is 4.72 Å². The van der Waals surface area contributed by atoms with Gasteiger partial charge < -0.3 is 0 Å². The molecule has 0 aromatic heterocycles. The van der Waals surface area contributed by atoms with Crippen LogP contribution in [-0.2, 0) is 10.0 Å². The number of halogens is 5. The van der Waals surface area contributed by atoms with Gasteiger partial charge in [0.2, 0.25) is 0 Å². The average Bonchev–Trinajstić information content (AvgIpc) is 2.44. The molecular formula is C14H8F5NO3S. The maximum absolute atomic E-state index is 13.2. The number of carbonyl (C=O) groups excluding carboxylic acids is 1. The number of carbonyl (C=O) groups is 1. The van der Waals surface area contributed by atoms with E-state index in [2.05, 4.69) is 0 Å². The highest BCUT2D eigenvalue weighted by Gasteiger charge is 2.46. The largest absolute Gasteiger partial charge is 0.516 e. The summed E-state index contributed by atoms with van der Waals surface area (Å²) in [5, 5.41) is 0. The zero-order chi connectivity index (χ0) is 18.1. The fourth-order valence-corrected chi connectivity index (χ4v) is 2.40. The molecule has 0 saturated carbocycles. The molecular weight excluding hydrogens is 357 g/mol. The number of hydrogen-bond donors (Lipinski definition) is 1. The summed E-state index contributed by atoms with van der Waals surface area (Å²) in [5.74, 6) is -3.17. The minimum Gasteiger partial charge on any atom is -0.289 e. The molecule has 0 aliphatic carbocycles. The van der Waals surface area contributed by atoms with Gasteiger partial charge in [0, 0.05) is 17.2 Å². The molecule has 0 aliphatic rings. The Labute approximate surface area is 133 Å². The molecule has 2 aromatic carbocycles. The predicted octanol–water partition coefficient (Wildman–Crippen LogP) is 3.46. The Morgan fingerprint density at radius 2 is 1.50 bits per heavy atom. The number of alkyl halides is 3. The number of nitrogens with one attached hydrogen (secondary N) is 1. The van der Waals surface area contributed by atoms with E-state index in [-0.39, 0.29) is 0 Å². The lowest BCUT2D eigenvalue weighted by Crippen LogP contribution is -2.30. The molecule has 10 heteroatoms. The minimum absolute atomic E-state index is 0.480. The number of sulfonamides is 1. The maximum atomic E-state index is 13.2. The second-order valence-corrected chi connectivity index (χ2v) is 6.26.